The van der Waals surface area contributed by atoms with Crippen LogP contribution in [0, 0.1) is 11.7 Å². The molecule has 2 heterocycles. The molecule has 3 rings (SSSR count). The third kappa shape index (κ3) is 5.29. The quantitative estimate of drug-likeness (QED) is 0.756. The van der Waals surface area contributed by atoms with Gasteiger partial charge in [0.05, 0.1) is 9.92 Å². The number of nitrogens with one attached hydrogen (secondary N) is 1. The Kier molecular flexibility index (Phi) is 7.19. The molecule has 2 saturated heterocycles. The third-order valence-corrected chi connectivity index (χ3v) is 8.14. The number of nitrogens with zero attached hydrogens (tertiary/aromatic N) is 2. The minimum absolute atomic E-state index is 0.0230. The number of carbonyl (C=O) groups is 1. The maximum atomic E-state index is 13.3. The van der Waals surface area contributed by atoms with Gasteiger partial charge in [0.2, 0.25) is 15.9 Å². The highest BCUT2D eigenvalue weighted by Gasteiger charge is 2.33. The lowest BCUT2D eigenvalue weighted by Crippen LogP contribution is -2.49. The van der Waals surface area contributed by atoms with E-state index < -0.39 is 15.8 Å². The summed E-state index contributed by atoms with van der Waals surface area (Å²) in [5.41, 5.74) is 0. The second-order valence-electron chi connectivity index (χ2n) is 8.17. The Morgan fingerprint density at radius 2 is 1.76 bits per heavy atom. The van der Waals surface area contributed by atoms with Crippen molar-refractivity contribution in [2.24, 2.45) is 5.92 Å². The number of hydrogen-bond donors (Lipinski definition) is 1. The SMILES string of the molecule is CC(C)N1CCC(NC(=O)C2CCN(S(=O)(=O)c3ccc(F)c(Cl)c3)CC2)CC1. The van der Waals surface area contributed by atoms with Crippen LogP contribution in [0.15, 0.2) is 23.1 Å². The highest BCUT2D eigenvalue weighted by atomic mass is 35.5. The van der Waals surface area contributed by atoms with Crippen LogP contribution in [0.4, 0.5) is 4.39 Å². The minimum atomic E-state index is -3.75. The van der Waals surface area contributed by atoms with Gasteiger partial charge in [-0.25, -0.2) is 12.8 Å². The van der Waals surface area contributed by atoms with E-state index in [0.29, 0.717) is 18.9 Å². The summed E-state index contributed by atoms with van der Waals surface area (Å²) >= 11 is 5.73. The first kappa shape index (κ1) is 22.5. The molecule has 2 aliphatic rings. The Morgan fingerprint density at radius 1 is 1.14 bits per heavy atom. The average Bonchev–Trinajstić information content (AvgIpc) is 2.70. The summed E-state index contributed by atoms with van der Waals surface area (Å²) in [6, 6.07) is 4.13. The summed E-state index contributed by atoms with van der Waals surface area (Å²) in [7, 11) is -3.75. The molecule has 1 N–H and O–H groups in total. The molecule has 6 nitrogen and oxygen atoms in total. The Morgan fingerprint density at radius 3 is 2.31 bits per heavy atom. The van der Waals surface area contributed by atoms with E-state index in [1.807, 2.05) is 0 Å². The summed E-state index contributed by atoms with van der Waals surface area (Å²) in [6.07, 6.45) is 2.85. The Bertz CT molecular complexity index is 833. The van der Waals surface area contributed by atoms with Crippen molar-refractivity contribution in [2.75, 3.05) is 26.2 Å². The molecule has 162 valence electrons. The van der Waals surface area contributed by atoms with Crippen LogP contribution in [0.5, 0.6) is 0 Å². The van der Waals surface area contributed by atoms with Crippen LogP contribution in [-0.2, 0) is 14.8 Å². The minimum Gasteiger partial charge on any atom is -0.353 e. The van der Waals surface area contributed by atoms with Gasteiger partial charge in [-0.15, -0.1) is 0 Å². The van der Waals surface area contributed by atoms with E-state index in [1.165, 1.54) is 10.4 Å². The first-order chi connectivity index (χ1) is 13.7. The molecule has 2 aliphatic heterocycles. The van der Waals surface area contributed by atoms with E-state index in [-0.39, 0.29) is 40.9 Å². The van der Waals surface area contributed by atoms with Gasteiger partial charge in [-0.2, -0.15) is 4.31 Å². The summed E-state index contributed by atoms with van der Waals surface area (Å²) in [4.78, 5) is 15.0. The normalized spacial score (nSPS) is 20.9. The highest BCUT2D eigenvalue weighted by Crippen LogP contribution is 2.27. The first-order valence-electron chi connectivity index (χ1n) is 10.2. The molecular weight excluding hydrogens is 417 g/mol. The van der Waals surface area contributed by atoms with Gasteiger partial charge in [-0.05, 0) is 57.7 Å². The van der Waals surface area contributed by atoms with Crippen LogP contribution in [0.25, 0.3) is 0 Å². The number of rotatable bonds is 5. The maximum absolute atomic E-state index is 13.3. The zero-order chi connectivity index (χ0) is 21.2. The molecule has 1 amide bonds. The molecule has 0 radical (unpaired) electrons. The molecule has 0 spiro atoms. The Balaban J connectivity index is 1.52. The van der Waals surface area contributed by atoms with Gasteiger partial charge < -0.3 is 10.2 Å². The van der Waals surface area contributed by atoms with Gasteiger partial charge in [-0.1, -0.05) is 11.6 Å². The second-order valence-corrected chi connectivity index (χ2v) is 10.5. The van der Waals surface area contributed by atoms with Crippen LogP contribution in [0.3, 0.4) is 0 Å². The molecule has 1 aromatic carbocycles. The Labute approximate surface area is 177 Å². The van der Waals surface area contributed by atoms with Crippen LogP contribution in [0.2, 0.25) is 5.02 Å². The van der Waals surface area contributed by atoms with E-state index in [2.05, 4.69) is 24.1 Å². The monoisotopic (exact) mass is 445 g/mol. The molecule has 2 fully saturated rings. The number of halogens is 2. The molecule has 0 bridgehead atoms. The van der Waals surface area contributed by atoms with Crippen molar-refractivity contribution in [1.82, 2.24) is 14.5 Å². The summed E-state index contributed by atoms with van der Waals surface area (Å²) in [5, 5.41) is 2.94. The molecule has 0 unspecified atom stereocenters. The molecule has 9 heteroatoms. The van der Waals surface area contributed by atoms with E-state index in [1.54, 1.807) is 0 Å². The van der Waals surface area contributed by atoms with Crippen molar-refractivity contribution in [1.29, 1.82) is 0 Å². The molecule has 1 aromatic rings. The van der Waals surface area contributed by atoms with Crippen molar-refractivity contribution in [3.8, 4) is 0 Å². The number of hydrogen-bond acceptors (Lipinski definition) is 4. The van der Waals surface area contributed by atoms with E-state index in [9.17, 15) is 17.6 Å². The molecule has 0 atom stereocenters. The van der Waals surface area contributed by atoms with Gasteiger partial charge in [0, 0.05) is 44.2 Å². The zero-order valence-electron chi connectivity index (χ0n) is 16.9. The van der Waals surface area contributed by atoms with Crippen molar-refractivity contribution in [3.63, 3.8) is 0 Å². The standard InChI is InChI=1S/C20H29ClFN3O3S/c1-14(2)24-9-7-16(8-10-24)23-20(26)15-5-11-25(12-6-15)29(27,28)17-3-4-19(22)18(21)13-17/h3-4,13-16H,5-12H2,1-2H3,(H,23,26). The summed E-state index contributed by atoms with van der Waals surface area (Å²) in [5.74, 6) is -0.809. The fourth-order valence-corrected chi connectivity index (χ4v) is 5.77. The maximum Gasteiger partial charge on any atom is 0.243 e. The lowest BCUT2D eigenvalue weighted by Gasteiger charge is -2.36. The largest absolute Gasteiger partial charge is 0.353 e. The predicted octanol–water partition coefficient (Wildman–Crippen LogP) is 2.87. The molecule has 0 saturated carbocycles. The molecular formula is C20H29ClFN3O3S. The molecule has 0 aliphatic carbocycles. The van der Waals surface area contributed by atoms with Crippen LogP contribution >= 0.6 is 11.6 Å². The van der Waals surface area contributed by atoms with Crippen LogP contribution in [0.1, 0.15) is 39.5 Å². The predicted molar refractivity (Wildman–Crippen MR) is 111 cm³/mol. The number of benzene rings is 1. The van der Waals surface area contributed by atoms with Gasteiger partial charge in [-0.3, -0.25) is 4.79 Å². The lowest BCUT2D eigenvalue weighted by molar-refractivity contribution is -0.127. The average molecular weight is 446 g/mol. The van der Waals surface area contributed by atoms with E-state index in [4.69, 9.17) is 11.6 Å². The fourth-order valence-electron chi connectivity index (χ4n) is 4.02. The van der Waals surface area contributed by atoms with Gasteiger partial charge >= 0.3 is 0 Å². The summed E-state index contributed by atoms with van der Waals surface area (Å²) in [6.45, 7) is 6.86. The van der Waals surface area contributed by atoms with Crippen molar-refractivity contribution < 1.29 is 17.6 Å². The van der Waals surface area contributed by atoms with Crippen molar-refractivity contribution >= 4 is 27.5 Å². The van der Waals surface area contributed by atoms with Gasteiger partial charge in [0.1, 0.15) is 5.82 Å². The van der Waals surface area contributed by atoms with E-state index in [0.717, 1.165) is 38.1 Å². The van der Waals surface area contributed by atoms with E-state index >= 15 is 0 Å². The summed E-state index contributed by atoms with van der Waals surface area (Å²) < 4.78 is 40.2. The number of likely N-dealkylation sites (tertiary alicyclic amines) is 1. The molecule has 0 aromatic heterocycles. The second kappa shape index (κ2) is 9.29. The number of carbonyl (C=O) groups excluding carboxylic acids is 1. The lowest BCUT2D eigenvalue weighted by atomic mass is 9.95. The number of amides is 1. The van der Waals surface area contributed by atoms with Crippen LogP contribution in [-0.4, -0.2) is 61.8 Å². The number of sulfonamides is 1. The smallest absolute Gasteiger partial charge is 0.243 e. The molecule has 29 heavy (non-hydrogen) atoms. The van der Waals surface area contributed by atoms with Gasteiger partial charge in [0.25, 0.3) is 0 Å². The third-order valence-electron chi connectivity index (χ3n) is 5.96. The van der Waals surface area contributed by atoms with Crippen LogP contribution < -0.4 is 5.32 Å². The van der Waals surface area contributed by atoms with Gasteiger partial charge in [0.15, 0.2) is 0 Å². The topological polar surface area (TPSA) is 69.7 Å². The Hall–Kier alpha value is -1.22. The zero-order valence-corrected chi connectivity index (χ0v) is 18.5. The number of piperidine rings is 2. The van der Waals surface area contributed by atoms with Crippen molar-refractivity contribution in [3.05, 3.63) is 29.0 Å². The van der Waals surface area contributed by atoms with Crippen molar-refractivity contribution in [2.45, 2.75) is 56.5 Å². The fraction of sp³-hybridized carbons (Fsp3) is 0.650. The first-order valence-corrected chi connectivity index (χ1v) is 12.0. The highest BCUT2D eigenvalue weighted by molar-refractivity contribution is 7.89.